The van der Waals surface area contributed by atoms with Gasteiger partial charge in [-0.25, -0.2) is 9.97 Å². The van der Waals surface area contributed by atoms with Crippen molar-refractivity contribution in [3.63, 3.8) is 0 Å². The lowest BCUT2D eigenvalue weighted by Crippen LogP contribution is -2.30. The van der Waals surface area contributed by atoms with Crippen LogP contribution in [0.2, 0.25) is 0 Å². The van der Waals surface area contributed by atoms with E-state index in [2.05, 4.69) is 15.0 Å². The molecule has 1 saturated heterocycles. The Morgan fingerprint density at radius 3 is 3.07 bits per heavy atom. The van der Waals surface area contributed by atoms with Crippen molar-refractivity contribution >= 4 is 27.8 Å². The summed E-state index contributed by atoms with van der Waals surface area (Å²) in [6, 6.07) is 11.9. The van der Waals surface area contributed by atoms with Crippen molar-refractivity contribution < 1.29 is 9.47 Å². The van der Waals surface area contributed by atoms with Gasteiger partial charge in [0.25, 0.3) is 0 Å². The van der Waals surface area contributed by atoms with Gasteiger partial charge in [-0.2, -0.15) is 0 Å². The van der Waals surface area contributed by atoms with E-state index in [4.69, 9.17) is 15.2 Å². The average Bonchev–Trinajstić information content (AvgIpc) is 3.18. The number of hydrogen-bond donors (Lipinski definition) is 1. The molecule has 2 atom stereocenters. The van der Waals surface area contributed by atoms with Gasteiger partial charge >= 0.3 is 0 Å². The van der Waals surface area contributed by atoms with Crippen molar-refractivity contribution in [3.05, 3.63) is 55.1 Å². The molecule has 0 radical (unpaired) electrons. The van der Waals surface area contributed by atoms with Crippen LogP contribution in [0.4, 0.5) is 5.82 Å². The number of pyridine rings is 1. The zero-order valence-corrected chi connectivity index (χ0v) is 15.4. The minimum absolute atomic E-state index is 0.0230. The van der Waals surface area contributed by atoms with Gasteiger partial charge in [0.1, 0.15) is 36.4 Å². The molecule has 1 aliphatic rings. The second kappa shape index (κ2) is 7.09. The van der Waals surface area contributed by atoms with E-state index in [0.29, 0.717) is 12.4 Å². The number of anilines is 1. The quantitative estimate of drug-likeness (QED) is 0.585. The molecule has 0 amide bonds. The SMILES string of the molecule is Nc1ncnc2c1ccn2C1CCCC(COc2ccc3cccnc3c2)O1. The molecule has 1 fully saturated rings. The summed E-state index contributed by atoms with van der Waals surface area (Å²) in [7, 11) is 0. The molecule has 0 saturated carbocycles. The highest BCUT2D eigenvalue weighted by atomic mass is 16.5. The fourth-order valence-electron chi connectivity index (χ4n) is 3.75. The second-order valence-corrected chi connectivity index (χ2v) is 7.03. The second-order valence-electron chi connectivity index (χ2n) is 7.03. The number of ether oxygens (including phenoxy) is 2. The summed E-state index contributed by atoms with van der Waals surface area (Å²) in [5, 5.41) is 1.96. The molecular formula is C21H21N5O2. The Kier molecular flexibility index (Phi) is 4.29. The molecule has 1 aliphatic heterocycles. The highest BCUT2D eigenvalue weighted by Gasteiger charge is 2.25. The summed E-state index contributed by atoms with van der Waals surface area (Å²) in [5.41, 5.74) is 7.68. The third-order valence-corrected chi connectivity index (χ3v) is 5.19. The van der Waals surface area contributed by atoms with Crippen LogP contribution in [-0.4, -0.2) is 32.2 Å². The van der Waals surface area contributed by atoms with Crippen LogP contribution in [0.15, 0.2) is 55.1 Å². The number of hydrogen-bond acceptors (Lipinski definition) is 6. The zero-order valence-electron chi connectivity index (χ0n) is 15.4. The van der Waals surface area contributed by atoms with Crippen molar-refractivity contribution in [1.29, 1.82) is 0 Å². The molecule has 5 rings (SSSR count). The Balaban J connectivity index is 1.29. The topological polar surface area (TPSA) is 88.1 Å². The van der Waals surface area contributed by atoms with Gasteiger partial charge in [0.2, 0.25) is 0 Å². The minimum Gasteiger partial charge on any atom is -0.491 e. The predicted octanol–water partition coefficient (Wildman–Crippen LogP) is 3.71. The molecule has 0 bridgehead atoms. The van der Waals surface area contributed by atoms with Gasteiger partial charge in [-0.05, 0) is 43.5 Å². The number of rotatable bonds is 4. The highest BCUT2D eigenvalue weighted by molar-refractivity contribution is 5.86. The number of fused-ring (bicyclic) bond motifs is 2. The number of nitrogens with two attached hydrogens (primary N) is 1. The molecule has 1 aromatic carbocycles. The van der Waals surface area contributed by atoms with E-state index >= 15 is 0 Å². The Bertz CT molecular complexity index is 1130. The van der Waals surface area contributed by atoms with E-state index in [0.717, 1.165) is 46.9 Å². The summed E-state index contributed by atoms with van der Waals surface area (Å²) >= 11 is 0. The Morgan fingerprint density at radius 1 is 1.14 bits per heavy atom. The number of benzene rings is 1. The average molecular weight is 375 g/mol. The highest BCUT2D eigenvalue weighted by Crippen LogP contribution is 2.31. The Morgan fingerprint density at radius 2 is 2.11 bits per heavy atom. The largest absolute Gasteiger partial charge is 0.491 e. The fourth-order valence-corrected chi connectivity index (χ4v) is 3.75. The lowest BCUT2D eigenvalue weighted by Gasteiger charge is -2.31. The van der Waals surface area contributed by atoms with Crippen LogP contribution in [0.5, 0.6) is 5.75 Å². The summed E-state index contributed by atoms with van der Waals surface area (Å²) in [5.74, 6) is 1.30. The van der Waals surface area contributed by atoms with Crippen molar-refractivity contribution in [3.8, 4) is 5.75 Å². The van der Waals surface area contributed by atoms with Crippen LogP contribution in [0, 0.1) is 0 Å². The Hall–Kier alpha value is -3.19. The van der Waals surface area contributed by atoms with Crippen molar-refractivity contribution in [2.75, 3.05) is 12.3 Å². The van der Waals surface area contributed by atoms with Crippen LogP contribution in [0.1, 0.15) is 25.5 Å². The van der Waals surface area contributed by atoms with Gasteiger partial charge in [0.15, 0.2) is 0 Å². The number of nitrogens with zero attached hydrogens (tertiary/aromatic N) is 4. The van der Waals surface area contributed by atoms with Gasteiger partial charge in [-0.3, -0.25) is 4.98 Å². The molecule has 4 heterocycles. The van der Waals surface area contributed by atoms with Gasteiger partial charge < -0.3 is 19.8 Å². The first-order valence-electron chi connectivity index (χ1n) is 9.48. The predicted molar refractivity (Wildman–Crippen MR) is 107 cm³/mol. The monoisotopic (exact) mass is 375 g/mol. The van der Waals surface area contributed by atoms with E-state index in [9.17, 15) is 0 Å². The molecule has 2 unspecified atom stereocenters. The maximum absolute atomic E-state index is 6.31. The zero-order chi connectivity index (χ0) is 18.9. The van der Waals surface area contributed by atoms with Gasteiger partial charge in [-0.15, -0.1) is 0 Å². The molecule has 28 heavy (non-hydrogen) atoms. The van der Waals surface area contributed by atoms with E-state index in [1.165, 1.54) is 6.33 Å². The molecule has 0 spiro atoms. The lowest BCUT2D eigenvalue weighted by molar-refractivity contribution is -0.101. The third-order valence-electron chi connectivity index (χ3n) is 5.19. The smallest absolute Gasteiger partial charge is 0.147 e. The first kappa shape index (κ1) is 16.9. The Labute approximate surface area is 162 Å². The maximum Gasteiger partial charge on any atom is 0.147 e. The number of aromatic nitrogens is 4. The maximum atomic E-state index is 6.31. The summed E-state index contributed by atoms with van der Waals surface area (Å²) in [6.45, 7) is 0.505. The molecule has 4 aromatic rings. The third kappa shape index (κ3) is 3.14. The van der Waals surface area contributed by atoms with Crippen LogP contribution >= 0.6 is 0 Å². The molecule has 2 N–H and O–H groups in total. The normalized spacial score (nSPS) is 19.9. The van der Waals surface area contributed by atoms with Crippen molar-refractivity contribution in [1.82, 2.24) is 19.5 Å². The first-order chi connectivity index (χ1) is 13.8. The van der Waals surface area contributed by atoms with E-state index in [-0.39, 0.29) is 12.3 Å². The van der Waals surface area contributed by atoms with E-state index in [1.54, 1.807) is 6.20 Å². The molecule has 7 heteroatoms. The fraction of sp³-hybridized carbons (Fsp3) is 0.286. The lowest BCUT2D eigenvalue weighted by atomic mass is 10.1. The van der Waals surface area contributed by atoms with Gasteiger partial charge in [0.05, 0.1) is 17.0 Å². The molecule has 3 aromatic heterocycles. The first-order valence-corrected chi connectivity index (χ1v) is 9.48. The van der Waals surface area contributed by atoms with Crippen molar-refractivity contribution in [2.24, 2.45) is 0 Å². The van der Waals surface area contributed by atoms with Gasteiger partial charge in [-0.1, -0.05) is 6.07 Å². The van der Waals surface area contributed by atoms with Crippen LogP contribution in [-0.2, 0) is 4.74 Å². The van der Waals surface area contributed by atoms with E-state index < -0.39 is 0 Å². The minimum atomic E-state index is -0.0765. The van der Waals surface area contributed by atoms with E-state index in [1.807, 2.05) is 47.2 Å². The standard InChI is InChI=1S/C21H21N5O2/c22-20-17-8-10-26(21(17)25-13-24-20)19-5-1-4-16(28-19)12-27-15-7-6-14-3-2-9-23-18(14)11-15/h2-3,6-11,13,16,19H,1,4-5,12H2,(H2,22,24,25). The summed E-state index contributed by atoms with van der Waals surface area (Å²) in [4.78, 5) is 12.8. The summed E-state index contributed by atoms with van der Waals surface area (Å²) < 4.78 is 14.4. The van der Waals surface area contributed by atoms with Crippen molar-refractivity contribution in [2.45, 2.75) is 31.6 Å². The van der Waals surface area contributed by atoms with Crippen LogP contribution < -0.4 is 10.5 Å². The molecular weight excluding hydrogens is 354 g/mol. The number of nitrogen functional groups attached to an aromatic ring is 1. The molecule has 0 aliphatic carbocycles. The molecule has 7 nitrogen and oxygen atoms in total. The van der Waals surface area contributed by atoms with Crippen LogP contribution in [0.25, 0.3) is 21.9 Å². The molecule has 142 valence electrons. The summed E-state index contributed by atoms with van der Waals surface area (Å²) in [6.07, 6.45) is 8.17. The van der Waals surface area contributed by atoms with Gasteiger partial charge in [0, 0.05) is 23.8 Å². The van der Waals surface area contributed by atoms with Crippen LogP contribution in [0.3, 0.4) is 0 Å².